The quantitative estimate of drug-likeness (QED) is 0.456. The van der Waals surface area contributed by atoms with Crippen LogP contribution in [-0.4, -0.2) is 42.5 Å². The van der Waals surface area contributed by atoms with Crippen molar-refractivity contribution in [3.8, 4) is 0 Å². The van der Waals surface area contributed by atoms with E-state index < -0.39 is 11.7 Å². The number of amides is 2. The van der Waals surface area contributed by atoms with Crippen LogP contribution in [0.15, 0.2) is 29.4 Å². The molecule has 0 spiro atoms. The number of hydrogen-bond donors (Lipinski definition) is 2. The van der Waals surface area contributed by atoms with Crippen molar-refractivity contribution in [1.82, 2.24) is 30.3 Å². The number of benzene rings is 1. The lowest BCUT2D eigenvalue weighted by Gasteiger charge is -2.14. The molecule has 12 heteroatoms. The van der Waals surface area contributed by atoms with Crippen LogP contribution in [0.3, 0.4) is 0 Å². The minimum Gasteiger partial charge on any atom is -0.345 e. The molecule has 1 fully saturated rings. The van der Waals surface area contributed by atoms with Gasteiger partial charge in [-0.3, -0.25) is 14.9 Å². The van der Waals surface area contributed by atoms with Crippen LogP contribution >= 0.6 is 23.1 Å². The van der Waals surface area contributed by atoms with Gasteiger partial charge in [0, 0.05) is 12.0 Å². The summed E-state index contributed by atoms with van der Waals surface area (Å²) in [5.41, 5.74) is -0.0316. The van der Waals surface area contributed by atoms with E-state index in [0.29, 0.717) is 22.0 Å². The maximum Gasteiger partial charge on any atom is 0.254 e. The second-order valence-corrected chi connectivity index (χ2v) is 9.53. The summed E-state index contributed by atoms with van der Waals surface area (Å²) in [5, 5.41) is 23.9. The van der Waals surface area contributed by atoms with E-state index in [1.54, 1.807) is 6.07 Å². The van der Waals surface area contributed by atoms with Crippen molar-refractivity contribution in [2.75, 3.05) is 11.1 Å². The van der Waals surface area contributed by atoms with E-state index in [1.807, 2.05) is 18.4 Å². The van der Waals surface area contributed by atoms with Crippen molar-refractivity contribution in [3.63, 3.8) is 0 Å². The molecule has 2 heterocycles. The maximum atomic E-state index is 13.8. The third-order valence-electron chi connectivity index (χ3n) is 4.72. The summed E-state index contributed by atoms with van der Waals surface area (Å²) in [6.45, 7) is 3.99. The van der Waals surface area contributed by atoms with Crippen LogP contribution in [0.25, 0.3) is 0 Å². The zero-order valence-electron chi connectivity index (χ0n) is 17.5. The van der Waals surface area contributed by atoms with Gasteiger partial charge < -0.3 is 9.88 Å². The molecule has 1 saturated carbocycles. The number of carbonyl (C=O) groups excluding carboxylic acids is 2. The van der Waals surface area contributed by atoms with Gasteiger partial charge in [0.25, 0.3) is 5.91 Å². The molecule has 0 unspecified atom stereocenters. The van der Waals surface area contributed by atoms with E-state index in [1.165, 1.54) is 41.3 Å². The van der Waals surface area contributed by atoms with Gasteiger partial charge in [0.1, 0.15) is 10.8 Å². The van der Waals surface area contributed by atoms with Crippen LogP contribution in [0.1, 0.15) is 59.8 Å². The van der Waals surface area contributed by atoms with Gasteiger partial charge in [-0.05, 0) is 38.8 Å². The SMILES string of the molecule is CC(C)n1c(CNC(=O)c2ccccc2F)nnc1SCC(=O)Nc1nnc(C2CC2)s1. The van der Waals surface area contributed by atoms with Crippen molar-refractivity contribution in [2.45, 2.75) is 50.4 Å². The predicted molar refractivity (Wildman–Crippen MR) is 119 cm³/mol. The molecule has 0 saturated heterocycles. The number of anilines is 1. The first kappa shape index (κ1) is 22.3. The van der Waals surface area contributed by atoms with Gasteiger partial charge in [-0.25, -0.2) is 4.39 Å². The lowest BCUT2D eigenvalue weighted by Crippen LogP contribution is -2.26. The molecule has 0 radical (unpaired) electrons. The minimum absolute atomic E-state index is 0.000173. The molecule has 0 atom stereocenters. The summed E-state index contributed by atoms with van der Waals surface area (Å²) in [7, 11) is 0. The molecular weight excluding hydrogens is 453 g/mol. The standard InChI is InChI=1S/C20H22FN7O2S2/c1-11(2)28-15(9-22-17(30)13-5-3-4-6-14(13)21)24-27-20(28)31-10-16(29)23-19-26-25-18(32-19)12-7-8-12/h3-6,11-12H,7-10H2,1-2H3,(H,22,30)(H,23,26,29). The van der Waals surface area contributed by atoms with Gasteiger partial charge in [0.05, 0.1) is 17.9 Å². The first-order valence-corrected chi connectivity index (χ1v) is 11.9. The van der Waals surface area contributed by atoms with Gasteiger partial charge in [-0.2, -0.15) is 0 Å². The number of thioether (sulfide) groups is 1. The summed E-state index contributed by atoms with van der Waals surface area (Å²) in [5.74, 6) is -0.179. The molecule has 1 aliphatic carbocycles. The Kier molecular flexibility index (Phi) is 6.80. The monoisotopic (exact) mass is 475 g/mol. The number of nitrogens with zero attached hydrogens (tertiary/aromatic N) is 5. The molecule has 0 aliphatic heterocycles. The molecule has 2 amide bonds. The number of aromatic nitrogens is 5. The summed E-state index contributed by atoms with van der Waals surface area (Å²) in [6, 6.07) is 5.78. The molecule has 1 aromatic carbocycles. The number of carbonyl (C=O) groups is 2. The normalized spacial score (nSPS) is 13.4. The summed E-state index contributed by atoms with van der Waals surface area (Å²) >= 11 is 2.65. The van der Waals surface area contributed by atoms with Gasteiger partial charge in [-0.15, -0.1) is 20.4 Å². The second kappa shape index (κ2) is 9.74. The molecule has 32 heavy (non-hydrogen) atoms. The fraction of sp³-hybridized carbons (Fsp3) is 0.400. The number of hydrogen-bond acceptors (Lipinski definition) is 8. The topological polar surface area (TPSA) is 115 Å². The molecule has 3 aromatic rings. The number of rotatable bonds is 9. The largest absolute Gasteiger partial charge is 0.345 e. The number of halogens is 1. The number of nitrogens with one attached hydrogen (secondary N) is 2. The van der Waals surface area contributed by atoms with E-state index in [9.17, 15) is 14.0 Å². The van der Waals surface area contributed by atoms with Crippen LogP contribution in [0, 0.1) is 5.82 Å². The van der Waals surface area contributed by atoms with E-state index in [2.05, 4.69) is 31.0 Å². The van der Waals surface area contributed by atoms with Crippen molar-refractivity contribution in [3.05, 3.63) is 46.5 Å². The minimum atomic E-state index is -0.586. The van der Waals surface area contributed by atoms with Gasteiger partial charge in [-0.1, -0.05) is 35.2 Å². The Morgan fingerprint density at radius 1 is 1.22 bits per heavy atom. The highest BCUT2D eigenvalue weighted by Crippen LogP contribution is 2.42. The van der Waals surface area contributed by atoms with Crippen molar-refractivity contribution in [1.29, 1.82) is 0 Å². The molecule has 2 N–H and O–H groups in total. The van der Waals surface area contributed by atoms with Gasteiger partial charge in [0.15, 0.2) is 11.0 Å². The fourth-order valence-corrected chi connectivity index (χ4v) is 4.83. The zero-order chi connectivity index (χ0) is 22.7. The average Bonchev–Trinajstić information content (AvgIpc) is 3.37. The van der Waals surface area contributed by atoms with Crippen molar-refractivity contribution >= 4 is 40.0 Å². The zero-order valence-corrected chi connectivity index (χ0v) is 19.2. The van der Waals surface area contributed by atoms with Crippen LogP contribution in [0.2, 0.25) is 0 Å². The molecule has 168 valence electrons. The van der Waals surface area contributed by atoms with E-state index in [-0.39, 0.29) is 29.8 Å². The highest BCUT2D eigenvalue weighted by Gasteiger charge is 2.27. The van der Waals surface area contributed by atoms with Crippen molar-refractivity contribution in [2.24, 2.45) is 0 Å². The van der Waals surface area contributed by atoms with E-state index >= 15 is 0 Å². The Hall–Kier alpha value is -2.86. The lowest BCUT2D eigenvalue weighted by molar-refractivity contribution is -0.113. The first-order chi connectivity index (χ1) is 15.4. The summed E-state index contributed by atoms with van der Waals surface area (Å²) in [4.78, 5) is 24.6. The lowest BCUT2D eigenvalue weighted by atomic mass is 10.2. The Morgan fingerprint density at radius 2 is 2.00 bits per heavy atom. The Morgan fingerprint density at radius 3 is 2.72 bits per heavy atom. The highest BCUT2D eigenvalue weighted by atomic mass is 32.2. The Balaban J connectivity index is 1.35. The molecule has 1 aliphatic rings. The summed E-state index contributed by atoms with van der Waals surface area (Å²) < 4.78 is 15.7. The Bertz CT molecular complexity index is 1130. The highest BCUT2D eigenvalue weighted by molar-refractivity contribution is 7.99. The van der Waals surface area contributed by atoms with Gasteiger partial charge in [0.2, 0.25) is 11.0 Å². The molecular formula is C20H22FN7O2S2. The molecule has 2 aromatic heterocycles. The fourth-order valence-electron chi connectivity index (χ4n) is 3.01. The maximum absolute atomic E-state index is 13.8. The van der Waals surface area contributed by atoms with Crippen LogP contribution < -0.4 is 10.6 Å². The van der Waals surface area contributed by atoms with Gasteiger partial charge >= 0.3 is 0 Å². The van der Waals surface area contributed by atoms with E-state index in [0.717, 1.165) is 17.8 Å². The molecule has 4 rings (SSSR count). The van der Waals surface area contributed by atoms with E-state index in [4.69, 9.17) is 0 Å². The van der Waals surface area contributed by atoms with Crippen LogP contribution in [0.5, 0.6) is 0 Å². The Labute approximate surface area is 192 Å². The molecule has 0 bridgehead atoms. The predicted octanol–water partition coefficient (Wildman–Crippen LogP) is 3.39. The first-order valence-electron chi connectivity index (χ1n) is 10.1. The smallest absolute Gasteiger partial charge is 0.254 e. The molecule has 9 nitrogen and oxygen atoms in total. The third-order valence-corrected chi connectivity index (χ3v) is 6.67. The second-order valence-electron chi connectivity index (χ2n) is 7.58. The third kappa shape index (κ3) is 5.30. The van der Waals surface area contributed by atoms with Crippen molar-refractivity contribution < 1.29 is 14.0 Å². The average molecular weight is 476 g/mol. The van der Waals surface area contributed by atoms with Crippen LogP contribution in [-0.2, 0) is 11.3 Å². The van der Waals surface area contributed by atoms with Crippen LogP contribution in [0.4, 0.5) is 9.52 Å². The summed E-state index contributed by atoms with van der Waals surface area (Å²) in [6.07, 6.45) is 2.26.